The van der Waals surface area contributed by atoms with Crippen molar-refractivity contribution in [2.75, 3.05) is 46.9 Å². The summed E-state index contributed by atoms with van der Waals surface area (Å²) in [4.78, 5) is 4.86. The minimum Gasteiger partial charge on any atom is -0.394 e. The predicted molar refractivity (Wildman–Crippen MR) is 76.9 cm³/mol. The van der Waals surface area contributed by atoms with Crippen LogP contribution in [0.3, 0.4) is 0 Å². The third-order valence-corrected chi connectivity index (χ3v) is 4.19. The van der Waals surface area contributed by atoms with Gasteiger partial charge in [-0.15, -0.1) is 0 Å². The second kappa shape index (κ2) is 7.43. The van der Waals surface area contributed by atoms with Crippen LogP contribution in [0.4, 0.5) is 0 Å². The number of hydrogen-bond acceptors (Lipinski definition) is 4. The second-order valence-electron chi connectivity index (χ2n) is 6.04. The first-order chi connectivity index (χ1) is 8.50. The molecule has 0 amide bonds. The third-order valence-electron chi connectivity index (χ3n) is 4.19. The molecule has 1 aliphatic heterocycles. The first-order valence-electron chi connectivity index (χ1n) is 7.25. The molecule has 0 spiro atoms. The van der Waals surface area contributed by atoms with Crippen LogP contribution < -0.4 is 5.32 Å². The molecule has 18 heavy (non-hydrogen) atoms. The summed E-state index contributed by atoms with van der Waals surface area (Å²) in [6, 6.07) is 0.717. The summed E-state index contributed by atoms with van der Waals surface area (Å²) >= 11 is 0. The summed E-state index contributed by atoms with van der Waals surface area (Å²) in [5.74, 6) is 0. The van der Waals surface area contributed by atoms with Gasteiger partial charge in [0.2, 0.25) is 0 Å². The zero-order chi connectivity index (χ0) is 13.6. The topological polar surface area (TPSA) is 38.7 Å². The Bertz CT molecular complexity index is 237. The molecule has 1 aliphatic rings. The van der Waals surface area contributed by atoms with E-state index in [1.807, 2.05) is 0 Å². The van der Waals surface area contributed by atoms with E-state index in [0.29, 0.717) is 0 Å². The Morgan fingerprint density at radius 2 is 2.22 bits per heavy atom. The molecule has 1 heterocycles. The fourth-order valence-electron chi connectivity index (χ4n) is 2.75. The molecule has 0 radical (unpaired) electrons. The molecule has 1 fully saturated rings. The lowest BCUT2D eigenvalue weighted by atomic mass is 9.98. The molecule has 1 rings (SSSR count). The molecule has 0 aromatic heterocycles. The van der Waals surface area contributed by atoms with Gasteiger partial charge in [0.25, 0.3) is 0 Å². The monoisotopic (exact) mass is 257 g/mol. The number of aliphatic hydroxyl groups is 1. The molecule has 2 unspecified atom stereocenters. The van der Waals surface area contributed by atoms with Crippen molar-refractivity contribution < 1.29 is 5.11 Å². The Labute approximate surface area is 112 Å². The molecule has 0 aliphatic carbocycles. The minimum atomic E-state index is -0.134. The van der Waals surface area contributed by atoms with Crippen molar-refractivity contribution in [2.45, 2.75) is 44.7 Å². The van der Waals surface area contributed by atoms with Gasteiger partial charge in [-0.2, -0.15) is 0 Å². The summed E-state index contributed by atoms with van der Waals surface area (Å²) in [7, 11) is 4.41. The highest BCUT2D eigenvalue weighted by Gasteiger charge is 2.25. The molecule has 108 valence electrons. The van der Waals surface area contributed by atoms with Crippen molar-refractivity contribution in [2.24, 2.45) is 0 Å². The average molecular weight is 257 g/mol. The zero-order valence-electron chi connectivity index (χ0n) is 12.6. The van der Waals surface area contributed by atoms with Crippen molar-refractivity contribution in [3.63, 3.8) is 0 Å². The minimum absolute atomic E-state index is 0.134. The zero-order valence-corrected chi connectivity index (χ0v) is 12.6. The summed E-state index contributed by atoms with van der Waals surface area (Å²) in [6.45, 7) is 8.73. The lowest BCUT2D eigenvalue weighted by Crippen LogP contribution is -2.48. The maximum atomic E-state index is 9.47. The van der Waals surface area contributed by atoms with Gasteiger partial charge < -0.3 is 20.2 Å². The Hall–Kier alpha value is -0.160. The fraction of sp³-hybridized carbons (Fsp3) is 1.00. The van der Waals surface area contributed by atoms with Gasteiger partial charge in [0.1, 0.15) is 0 Å². The first kappa shape index (κ1) is 15.9. The molecular formula is C14H31N3O. The molecule has 0 aromatic rings. The highest BCUT2D eigenvalue weighted by Crippen LogP contribution is 2.16. The van der Waals surface area contributed by atoms with Crippen LogP contribution in [-0.4, -0.2) is 73.4 Å². The number of hydrogen-bond donors (Lipinski definition) is 2. The molecule has 0 bridgehead atoms. The largest absolute Gasteiger partial charge is 0.394 e. The SMILES string of the molecule is CCNC(C)(CO)CCN(C)CC1CCCN1C. The van der Waals surface area contributed by atoms with Crippen molar-refractivity contribution >= 4 is 0 Å². The highest BCUT2D eigenvalue weighted by molar-refractivity contribution is 4.84. The number of nitrogens with one attached hydrogen (secondary N) is 1. The number of rotatable bonds is 8. The average Bonchev–Trinajstić information content (AvgIpc) is 2.73. The first-order valence-corrected chi connectivity index (χ1v) is 7.25. The molecule has 1 saturated heterocycles. The van der Waals surface area contributed by atoms with Crippen LogP contribution in [0, 0.1) is 0 Å². The van der Waals surface area contributed by atoms with E-state index >= 15 is 0 Å². The van der Waals surface area contributed by atoms with E-state index < -0.39 is 0 Å². The van der Waals surface area contributed by atoms with E-state index in [1.54, 1.807) is 0 Å². The van der Waals surface area contributed by atoms with E-state index in [4.69, 9.17) is 0 Å². The molecule has 4 nitrogen and oxygen atoms in total. The van der Waals surface area contributed by atoms with Crippen LogP contribution >= 0.6 is 0 Å². The van der Waals surface area contributed by atoms with Gasteiger partial charge in [0, 0.05) is 18.1 Å². The van der Waals surface area contributed by atoms with Crippen LogP contribution in [-0.2, 0) is 0 Å². The highest BCUT2D eigenvalue weighted by atomic mass is 16.3. The van der Waals surface area contributed by atoms with Crippen LogP contribution in [0.1, 0.15) is 33.1 Å². The van der Waals surface area contributed by atoms with Crippen LogP contribution in [0.15, 0.2) is 0 Å². The predicted octanol–water partition coefficient (Wildman–Crippen LogP) is 0.763. The van der Waals surface area contributed by atoms with Gasteiger partial charge in [-0.05, 0) is 59.9 Å². The molecule has 2 atom stereocenters. The van der Waals surface area contributed by atoms with E-state index in [-0.39, 0.29) is 12.1 Å². The summed E-state index contributed by atoms with van der Waals surface area (Å²) in [5, 5.41) is 12.8. The van der Waals surface area contributed by atoms with E-state index in [2.05, 4.69) is 43.1 Å². The Kier molecular flexibility index (Phi) is 6.57. The van der Waals surface area contributed by atoms with Gasteiger partial charge in [-0.3, -0.25) is 0 Å². The fourth-order valence-corrected chi connectivity index (χ4v) is 2.75. The van der Waals surface area contributed by atoms with Crippen molar-refractivity contribution in [1.82, 2.24) is 15.1 Å². The van der Waals surface area contributed by atoms with Gasteiger partial charge >= 0.3 is 0 Å². The molecule has 2 N–H and O–H groups in total. The standard InChI is InChI=1S/C14H31N3O/c1-5-15-14(2,12-18)8-10-16(3)11-13-7-6-9-17(13)4/h13,15,18H,5-12H2,1-4H3. The van der Waals surface area contributed by atoms with Gasteiger partial charge in [-0.1, -0.05) is 6.92 Å². The van der Waals surface area contributed by atoms with Crippen molar-refractivity contribution in [3.8, 4) is 0 Å². The van der Waals surface area contributed by atoms with Crippen molar-refractivity contribution in [1.29, 1.82) is 0 Å². The lowest BCUT2D eigenvalue weighted by Gasteiger charge is -2.32. The summed E-state index contributed by atoms with van der Waals surface area (Å²) < 4.78 is 0. The van der Waals surface area contributed by atoms with Crippen LogP contribution in [0.5, 0.6) is 0 Å². The number of likely N-dealkylation sites (tertiary alicyclic amines) is 1. The third kappa shape index (κ3) is 4.84. The maximum Gasteiger partial charge on any atom is 0.0611 e. The number of nitrogens with zero attached hydrogens (tertiary/aromatic N) is 2. The van der Waals surface area contributed by atoms with Gasteiger partial charge in [0.05, 0.1) is 6.61 Å². The van der Waals surface area contributed by atoms with Crippen LogP contribution in [0.2, 0.25) is 0 Å². The normalized spacial score (nSPS) is 24.7. The summed E-state index contributed by atoms with van der Waals surface area (Å²) in [6.07, 6.45) is 3.65. The van der Waals surface area contributed by atoms with E-state index in [1.165, 1.54) is 19.4 Å². The van der Waals surface area contributed by atoms with Gasteiger partial charge in [0.15, 0.2) is 0 Å². The van der Waals surface area contributed by atoms with Gasteiger partial charge in [-0.25, -0.2) is 0 Å². The number of likely N-dealkylation sites (N-methyl/N-ethyl adjacent to an activating group) is 3. The lowest BCUT2D eigenvalue weighted by molar-refractivity contribution is 0.145. The van der Waals surface area contributed by atoms with Crippen molar-refractivity contribution in [3.05, 3.63) is 0 Å². The molecule has 0 saturated carbocycles. The Balaban J connectivity index is 2.29. The van der Waals surface area contributed by atoms with E-state index in [0.717, 1.165) is 32.1 Å². The summed E-state index contributed by atoms with van der Waals surface area (Å²) in [5.41, 5.74) is -0.134. The smallest absolute Gasteiger partial charge is 0.0611 e. The molecule has 0 aromatic carbocycles. The van der Waals surface area contributed by atoms with Crippen LogP contribution in [0.25, 0.3) is 0 Å². The molecule has 4 heteroatoms. The van der Waals surface area contributed by atoms with E-state index in [9.17, 15) is 5.11 Å². The second-order valence-corrected chi connectivity index (χ2v) is 6.04. The Morgan fingerprint density at radius 1 is 1.50 bits per heavy atom. The quantitative estimate of drug-likeness (QED) is 0.673. The Morgan fingerprint density at radius 3 is 2.72 bits per heavy atom. The molecular weight excluding hydrogens is 226 g/mol. The number of aliphatic hydroxyl groups excluding tert-OH is 1. The maximum absolute atomic E-state index is 9.47.